The van der Waals surface area contributed by atoms with E-state index in [-0.39, 0.29) is 5.91 Å². The summed E-state index contributed by atoms with van der Waals surface area (Å²) in [5, 5.41) is 0. The number of benzene rings is 2. The normalized spacial score (nSPS) is 18.4. The van der Waals surface area contributed by atoms with E-state index in [1.807, 2.05) is 29.2 Å². The van der Waals surface area contributed by atoms with Crippen LogP contribution in [0.4, 0.5) is 0 Å². The third-order valence-electron chi connectivity index (χ3n) is 5.91. The lowest BCUT2D eigenvalue weighted by Crippen LogP contribution is -2.48. The summed E-state index contributed by atoms with van der Waals surface area (Å²) in [4.78, 5) is 19.8. The lowest BCUT2D eigenvalue weighted by molar-refractivity contribution is 0.0341. The molecular weight excluding hydrogens is 378 g/mol. The average Bonchev–Trinajstić information content (AvgIpc) is 2.80. The van der Waals surface area contributed by atoms with Gasteiger partial charge in [-0.3, -0.25) is 14.6 Å². The van der Waals surface area contributed by atoms with E-state index in [2.05, 4.69) is 34.1 Å². The van der Waals surface area contributed by atoms with Crippen LogP contribution < -0.4 is 4.74 Å². The third-order valence-corrected chi connectivity index (χ3v) is 5.91. The highest BCUT2D eigenvalue weighted by molar-refractivity contribution is 5.94. The minimum atomic E-state index is 0.142. The number of rotatable bonds is 6. The Hall–Kier alpha value is -2.41. The van der Waals surface area contributed by atoms with Crippen LogP contribution in [0.5, 0.6) is 5.75 Å². The largest absolute Gasteiger partial charge is 0.497 e. The van der Waals surface area contributed by atoms with E-state index in [4.69, 9.17) is 9.47 Å². The Morgan fingerprint density at radius 3 is 2.23 bits per heavy atom. The summed E-state index contributed by atoms with van der Waals surface area (Å²) >= 11 is 0. The Kier molecular flexibility index (Phi) is 7.00. The maximum Gasteiger partial charge on any atom is 0.253 e. The molecule has 2 aliphatic heterocycles. The van der Waals surface area contributed by atoms with Crippen molar-refractivity contribution in [2.75, 3.05) is 59.6 Å². The Balaban J connectivity index is 1.29. The summed E-state index contributed by atoms with van der Waals surface area (Å²) in [6.45, 7) is 8.59. The molecule has 6 heteroatoms. The van der Waals surface area contributed by atoms with Crippen LogP contribution in [0, 0.1) is 0 Å². The first-order chi connectivity index (χ1) is 14.7. The summed E-state index contributed by atoms with van der Waals surface area (Å²) in [7, 11) is 1.68. The highest BCUT2D eigenvalue weighted by Gasteiger charge is 2.22. The van der Waals surface area contributed by atoms with E-state index in [1.54, 1.807) is 7.11 Å². The molecule has 0 aromatic heterocycles. The molecule has 0 saturated carbocycles. The first-order valence-corrected chi connectivity index (χ1v) is 10.7. The number of methoxy groups -OCH3 is 1. The van der Waals surface area contributed by atoms with Gasteiger partial charge in [0.05, 0.1) is 20.3 Å². The van der Waals surface area contributed by atoms with E-state index in [0.717, 1.165) is 76.9 Å². The third kappa shape index (κ3) is 5.39. The summed E-state index contributed by atoms with van der Waals surface area (Å²) < 4.78 is 10.6. The second-order valence-corrected chi connectivity index (χ2v) is 8.01. The molecule has 160 valence electrons. The molecule has 0 unspecified atom stereocenters. The second-order valence-electron chi connectivity index (χ2n) is 8.01. The zero-order chi connectivity index (χ0) is 20.8. The molecule has 2 heterocycles. The monoisotopic (exact) mass is 409 g/mol. The highest BCUT2D eigenvalue weighted by Crippen LogP contribution is 2.16. The maximum atomic E-state index is 13.0. The smallest absolute Gasteiger partial charge is 0.253 e. The van der Waals surface area contributed by atoms with Gasteiger partial charge in [0.15, 0.2) is 0 Å². The van der Waals surface area contributed by atoms with E-state index in [9.17, 15) is 4.79 Å². The van der Waals surface area contributed by atoms with Crippen molar-refractivity contribution >= 4 is 5.91 Å². The standard InChI is InChI=1S/C24H31N3O3/c1-29-23-7-5-20(6-8-23)18-25-9-11-27(12-10-25)24(28)22-4-2-3-21(17-22)19-26-13-15-30-16-14-26/h2-8,17H,9-16,18-19H2,1H3. The lowest BCUT2D eigenvalue weighted by Gasteiger charge is -2.35. The molecule has 0 atom stereocenters. The number of hydrogen-bond donors (Lipinski definition) is 0. The van der Waals surface area contributed by atoms with Crippen molar-refractivity contribution in [2.45, 2.75) is 13.1 Å². The summed E-state index contributed by atoms with van der Waals surface area (Å²) in [5.41, 5.74) is 3.26. The van der Waals surface area contributed by atoms with Gasteiger partial charge >= 0.3 is 0 Å². The lowest BCUT2D eigenvalue weighted by atomic mass is 10.1. The van der Waals surface area contributed by atoms with Gasteiger partial charge < -0.3 is 14.4 Å². The van der Waals surface area contributed by atoms with Crippen LogP contribution in [0.25, 0.3) is 0 Å². The molecule has 0 radical (unpaired) electrons. The van der Waals surface area contributed by atoms with Crippen molar-refractivity contribution in [3.8, 4) is 5.75 Å². The van der Waals surface area contributed by atoms with Gasteiger partial charge in [-0.15, -0.1) is 0 Å². The molecule has 1 amide bonds. The zero-order valence-corrected chi connectivity index (χ0v) is 17.8. The molecular formula is C24H31N3O3. The van der Waals surface area contributed by atoms with Gasteiger partial charge in [0.1, 0.15) is 5.75 Å². The minimum Gasteiger partial charge on any atom is -0.497 e. The Labute approximate surface area is 179 Å². The van der Waals surface area contributed by atoms with Crippen LogP contribution in [0.15, 0.2) is 48.5 Å². The predicted molar refractivity (Wildman–Crippen MR) is 117 cm³/mol. The topological polar surface area (TPSA) is 45.2 Å². The molecule has 2 aromatic rings. The maximum absolute atomic E-state index is 13.0. The number of nitrogens with zero attached hydrogens (tertiary/aromatic N) is 3. The van der Waals surface area contributed by atoms with Crippen molar-refractivity contribution in [1.82, 2.24) is 14.7 Å². The molecule has 30 heavy (non-hydrogen) atoms. The summed E-state index contributed by atoms with van der Waals surface area (Å²) in [6.07, 6.45) is 0. The molecule has 0 aliphatic carbocycles. The molecule has 0 N–H and O–H groups in total. The second kappa shape index (κ2) is 10.1. The predicted octanol–water partition coefficient (Wildman–Crippen LogP) is 2.49. The van der Waals surface area contributed by atoms with Gasteiger partial charge in [-0.1, -0.05) is 24.3 Å². The van der Waals surface area contributed by atoms with Crippen LogP contribution in [-0.4, -0.2) is 80.2 Å². The Morgan fingerprint density at radius 2 is 1.53 bits per heavy atom. The van der Waals surface area contributed by atoms with Crippen LogP contribution in [0.2, 0.25) is 0 Å². The van der Waals surface area contributed by atoms with Crippen LogP contribution >= 0.6 is 0 Å². The van der Waals surface area contributed by atoms with E-state index in [1.165, 1.54) is 11.1 Å². The first-order valence-electron chi connectivity index (χ1n) is 10.7. The average molecular weight is 410 g/mol. The van der Waals surface area contributed by atoms with Gasteiger partial charge in [0.2, 0.25) is 0 Å². The van der Waals surface area contributed by atoms with Gasteiger partial charge in [0, 0.05) is 57.9 Å². The number of piperazine rings is 1. The molecule has 2 fully saturated rings. The number of morpholine rings is 1. The molecule has 2 saturated heterocycles. The fourth-order valence-corrected chi connectivity index (χ4v) is 4.10. The van der Waals surface area contributed by atoms with Crippen LogP contribution in [0.1, 0.15) is 21.5 Å². The van der Waals surface area contributed by atoms with Crippen LogP contribution in [-0.2, 0) is 17.8 Å². The summed E-state index contributed by atoms with van der Waals surface area (Å²) in [6, 6.07) is 16.3. The molecule has 0 spiro atoms. The number of ether oxygens (including phenoxy) is 2. The number of hydrogen-bond acceptors (Lipinski definition) is 5. The molecule has 0 bridgehead atoms. The van der Waals surface area contributed by atoms with Crippen molar-refractivity contribution < 1.29 is 14.3 Å². The van der Waals surface area contributed by atoms with Gasteiger partial charge in [-0.25, -0.2) is 0 Å². The zero-order valence-electron chi connectivity index (χ0n) is 17.8. The molecule has 2 aromatic carbocycles. The Bertz CT molecular complexity index is 826. The molecule has 2 aliphatic rings. The summed E-state index contributed by atoms with van der Waals surface area (Å²) in [5.74, 6) is 1.02. The van der Waals surface area contributed by atoms with Gasteiger partial charge in [-0.2, -0.15) is 0 Å². The fourth-order valence-electron chi connectivity index (χ4n) is 4.10. The number of amides is 1. The fraction of sp³-hybridized carbons (Fsp3) is 0.458. The van der Waals surface area contributed by atoms with Crippen molar-refractivity contribution in [3.05, 3.63) is 65.2 Å². The van der Waals surface area contributed by atoms with Crippen molar-refractivity contribution in [1.29, 1.82) is 0 Å². The van der Waals surface area contributed by atoms with Gasteiger partial charge in [-0.05, 0) is 35.4 Å². The van der Waals surface area contributed by atoms with Crippen molar-refractivity contribution in [2.24, 2.45) is 0 Å². The van der Waals surface area contributed by atoms with E-state index < -0.39 is 0 Å². The number of carbonyl (C=O) groups is 1. The van der Waals surface area contributed by atoms with E-state index in [0.29, 0.717) is 0 Å². The number of carbonyl (C=O) groups excluding carboxylic acids is 1. The van der Waals surface area contributed by atoms with Gasteiger partial charge in [0.25, 0.3) is 5.91 Å². The Morgan fingerprint density at radius 1 is 0.867 bits per heavy atom. The van der Waals surface area contributed by atoms with E-state index >= 15 is 0 Å². The molecule has 4 rings (SSSR count). The minimum absolute atomic E-state index is 0.142. The van der Waals surface area contributed by atoms with Crippen molar-refractivity contribution in [3.63, 3.8) is 0 Å². The SMILES string of the molecule is COc1ccc(CN2CCN(C(=O)c3cccc(CN4CCOCC4)c3)CC2)cc1. The quantitative estimate of drug-likeness (QED) is 0.734. The van der Waals surface area contributed by atoms with Crippen LogP contribution in [0.3, 0.4) is 0 Å². The first kappa shape index (κ1) is 20.8. The highest BCUT2D eigenvalue weighted by atomic mass is 16.5. The molecule has 6 nitrogen and oxygen atoms in total.